The van der Waals surface area contributed by atoms with E-state index >= 15 is 0 Å². The number of likely N-dealkylation sites (N-methyl/N-ethyl adjacent to an activating group) is 1. The number of nitro groups is 1. The van der Waals surface area contributed by atoms with Crippen LogP contribution in [0.4, 0.5) is 28.1 Å². The molecule has 1 aromatic carbocycles. The first-order chi connectivity index (χ1) is 22.8. The average Bonchev–Trinajstić information content (AvgIpc) is 3.68. The number of carbonyl (C=O) groups is 2. The van der Waals surface area contributed by atoms with Crippen molar-refractivity contribution in [2.45, 2.75) is 25.6 Å². The number of anilines is 3. The number of hydrogen-bond acceptors (Lipinski definition) is 10. The zero-order valence-corrected chi connectivity index (χ0v) is 28.9. The van der Waals surface area contributed by atoms with E-state index in [9.17, 15) is 19.7 Å². The summed E-state index contributed by atoms with van der Waals surface area (Å²) in [7, 11) is 10.1. The van der Waals surface area contributed by atoms with Gasteiger partial charge in [0.05, 0.1) is 53.1 Å². The van der Waals surface area contributed by atoms with E-state index in [1.807, 2.05) is 14.1 Å². The zero-order valence-electron chi connectivity index (χ0n) is 27.4. The molecule has 0 radical (unpaired) electrons. The minimum absolute atomic E-state index is 0.0819. The van der Waals surface area contributed by atoms with Crippen LogP contribution in [-0.4, -0.2) is 107 Å². The van der Waals surface area contributed by atoms with E-state index < -0.39 is 17.0 Å². The number of likely N-dealkylation sites (tertiary alicyclic amines) is 1. The summed E-state index contributed by atoms with van der Waals surface area (Å²) in [5, 5.41) is 14.6. The zero-order chi connectivity index (χ0) is 34.9. The number of nitrogens with zero attached hydrogens (tertiary/aromatic N) is 9. The Labute approximate surface area is 287 Å². The van der Waals surface area contributed by atoms with Gasteiger partial charge in [-0.15, -0.1) is 0 Å². The standard InChI is InChI=1S/C30H37Cl2N10O6/c1-33-29-34-13-18-14-39(26-24(31)21(47-5)12-22(48-6)25(26)32)30(44)40(27(18)36-29)19-9-10-38(15-19)23(43)8-7-11-42(3,4)16-20-28(41(45)46)35-17-37(20)2/h7-8,12-13,17,19H,9-11,14-16H2,1-6H3,(H,33,34,36)/q+1/b8-7+/t19-/m0/s1. The van der Waals surface area contributed by atoms with Crippen LogP contribution < -0.4 is 24.6 Å². The van der Waals surface area contributed by atoms with Crippen molar-refractivity contribution in [2.75, 3.05) is 70.1 Å². The van der Waals surface area contributed by atoms with Gasteiger partial charge < -0.3 is 38.9 Å². The Balaban J connectivity index is 1.36. The van der Waals surface area contributed by atoms with E-state index in [-0.39, 0.29) is 52.0 Å². The maximum atomic E-state index is 14.4. The number of halogens is 2. The highest BCUT2D eigenvalue weighted by Crippen LogP contribution is 2.48. The van der Waals surface area contributed by atoms with Crippen molar-refractivity contribution in [1.29, 1.82) is 0 Å². The van der Waals surface area contributed by atoms with Crippen molar-refractivity contribution in [1.82, 2.24) is 24.4 Å². The molecule has 0 aliphatic carbocycles. The molecular weight excluding hydrogens is 667 g/mol. The van der Waals surface area contributed by atoms with Crippen molar-refractivity contribution in [3.05, 3.63) is 62.2 Å². The highest BCUT2D eigenvalue weighted by molar-refractivity contribution is 6.42. The summed E-state index contributed by atoms with van der Waals surface area (Å²) in [6, 6.07) is 0.701. The molecule has 2 aromatic heterocycles. The molecular formula is C30H37Cl2N10O6+. The lowest BCUT2D eigenvalue weighted by molar-refractivity contribution is -0.898. The average molecular weight is 705 g/mol. The summed E-state index contributed by atoms with van der Waals surface area (Å²) in [4.78, 5) is 56.2. The number of benzene rings is 1. The quantitative estimate of drug-likeness (QED) is 0.134. The molecule has 0 unspecified atom stereocenters. The molecule has 48 heavy (non-hydrogen) atoms. The van der Waals surface area contributed by atoms with Gasteiger partial charge in [0.1, 0.15) is 33.9 Å². The highest BCUT2D eigenvalue weighted by atomic mass is 35.5. The monoisotopic (exact) mass is 703 g/mol. The van der Waals surface area contributed by atoms with Gasteiger partial charge in [-0.2, -0.15) is 4.98 Å². The van der Waals surface area contributed by atoms with Crippen LogP contribution in [0.15, 0.2) is 30.7 Å². The van der Waals surface area contributed by atoms with Crippen molar-refractivity contribution >= 4 is 58.4 Å². The summed E-state index contributed by atoms with van der Waals surface area (Å²) < 4.78 is 12.9. The predicted molar refractivity (Wildman–Crippen MR) is 180 cm³/mol. The van der Waals surface area contributed by atoms with Crippen LogP contribution in [0, 0.1) is 10.1 Å². The number of amides is 3. The summed E-state index contributed by atoms with van der Waals surface area (Å²) >= 11 is 13.4. The van der Waals surface area contributed by atoms with Crippen LogP contribution in [0.2, 0.25) is 10.0 Å². The number of fused-ring (bicyclic) bond motifs is 1. The number of aromatic nitrogens is 4. The van der Waals surface area contributed by atoms with Crippen LogP contribution >= 0.6 is 23.2 Å². The number of imidazole rings is 1. The fraction of sp³-hybridized carbons (Fsp3) is 0.433. The van der Waals surface area contributed by atoms with Gasteiger partial charge >= 0.3 is 11.8 Å². The highest BCUT2D eigenvalue weighted by Gasteiger charge is 2.42. The molecule has 1 atom stereocenters. The van der Waals surface area contributed by atoms with E-state index in [0.717, 1.165) is 0 Å². The normalized spacial score (nSPS) is 16.5. The van der Waals surface area contributed by atoms with Crippen LogP contribution in [0.5, 0.6) is 11.5 Å². The fourth-order valence-corrected chi connectivity index (χ4v) is 6.56. The van der Waals surface area contributed by atoms with Crippen LogP contribution in [0.1, 0.15) is 17.7 Å². The number of urea groups is 1. The topological polar surface area (TPSA) is 161 Å². The lowest BCUT2D eigenvalue weighted by atomic mass is 10.1. The molecule has 1 saturated heterocycles. The maximum absolute atomic E-state index is 14.4. The molecule has 2 aliphatic heterocycles. The van der Waals surface area contributed by atoms with Crippen molar-refractivity contribution < 1.29 is 28.5 Å². The molecule has 3 aromatic rings. The SMILES string of the molecule is CNc1ncc2c(n1)N([C@H]1CCN(C(=O)/C=C/C[N+](C)(C)Cc3c([N+](=O)[O-])ncn3C)C1)C(=O)N(c1c(Cl)c(OC)cc(OC)c1Cl)C2. The lowest BCUT2D eigenvalue weighted by Gasteiger charge is -2.39. The van der Waals surface area contributed by atoms with E-state index in [0.29, 0.717) is 53.6 Å². The Kier molecular flexibility index (Phi) is 9.98. The largest absolute Gasteiger partial charge is 0.495 e. The molecule has 2 aliphatic rings. The number of carbonyl (C=O) groups excluding carboxylic acids is 2. The first-order valence-electron chi connectivity index (χ1n) is 15.0. The van der Waals surface area contributed by atoms with Gasteiger partial charge in [0.15, 0.2) is 5.69 Å². The summed E-state index contributed by atoms with van der Waals surface area (Å²) in [5.41, 5.74) is 1.37. The van der Waals surface area contributed by atoms with Gasteiger partial charge in [-0.05, 0) is 22.4 Å². The molecule has 3 amide bonds. The molecule has 1 N–H and O–H groups in total. The predicted octanol–water partition coefficient (Wildman–Crippen LogP) is 3.86. The second-order valence-corrected chi connectivity index (χ2v) is 12.8. The van der Waals surface area contributed by atoms with Gasteiger partial charge in [-0.1, -0.05) is 23.2 Å². The minimum atomic E-state index is -0.495. The molecule has 18 heteroatoms. The molecule has 4 heterocycles. The minimum Gasteiger partial charge on any atom is -0.495 e. The van der Waals surface area contributed by atoms with Crippen molar-refractivity contribution in [2.24, 2.45) is 7.05 Å². The Morgan fingerprint density at radius 2 is 1.90 bits per heavy atom. The third-order valence-corrected chi connectivity index (χ3v) is 9.10. The van der Waals surface area contributed by atoms with Crippen molar-refractivity contribution in [3.63, 3.8) is 0 Å². The maximum Gasteiger partial charge on any atom is 0.390 e. The Bertz CT molecular complexity index is 1750. The first-order valence-corrected chi connectivity index (χ1v) is 15.7. The van der Waals surface area contributed by atoms with Gasteiger partial charge in [0, 0.05) is 51.1 Å². The second-order valence-electron chi connectivity index (χ2n) is 12.1. The Morgan fingerprint density at radius 1 is 1.21 bits per heavy atom. The summed E-state index contributed by atoms with van der Waals surface area (Å²) in [5.74, 6) is 0.935. The Morgan fingerprint density at radius 3 is 2.52 bits per heavy atom. The molecule has 5 rings (SSSR count). The second kappa shape index (κ2) is 13.8. The van der Waals surface area contributed by atoms with Crippen molar-refractivity contribution in [3.8, 4) is 11.5 Å². The number of nitrogens with one attached hydrogen (secondary N) is 1. The van der Waals surface area contributed by atoms with Gasteiger partial charge in [-0.25, -0.2) is 9.78 Å². The number of quaternary nitrogens is 1. The molecule has 16 nitrogen and oxygen atoms in total. The van der Waals surface area contributed by atoms with Crippen LogP contribution in [-0.2, 0) is 24.9 Å². The molecule has 0 spiro atoms. The van der Waals surface area contributed by atoms with Gasteiger partial charge in [0.2, 0.25) is 18.2 Å². The molecule has 1 fully saturated rings. The van der Waals surface area contributed by atoms with E-state index in [4.69, 9.17) is 32.7 Å². The van der Waals surface area contributed by atoms with Gasteiger partial charge in [-0.3, -0.25) is 14.6 Å². The molecule has 0 saturated carbocycles. The fourth-order valence-electron chi connectivity index (χ4n) is 5.86. The smallest absolute Gasteiger partial charge is 0.390 e. The third kappa shape index (κ3) is 6.68. The van der Waals surface area contributed by atoms with Crippen LogP contribution in [0.25, 0.3) is 0 Å². The van der Waals surface area contributed by atoms with E-state index in [1.165, 1.54) is 31.5 Å². The van der Waals surface area contributed by atoms with E-state index in [1.54, 1.807) is 46.8 Å². The third-order valence-electron chi connectivity index (χ3n) is 8.37. The summed E-state index contributed by atoms with van der Waals surface area (Å²) in [6.07, 6.45) is 6.81. The molecule has 0 bridgehead atoms. The van der Waals surface area contributed by atoms with E-state index in [2.05, 4.69) is 20.3 Å². The number of methoxy groups -OCH3 is 2. The summed E-state index contributed by atoms with van der Waals surface area (Å²) in [6.45, 7) is 1.52. The number of rotatable bonds is 11. The first kappa shape index (κ1) is 34.7. The lowest BCUT2D eigenvalue weighted by Crippen LogP contribution is -2.53. The van der Waals surface area contributed by atoms with Gasteiger partial charge in [0.25, 0.3) is 0 Å². The molecule has 256 valence electrons. The Hall–Kier alpha value is -4.67. The number of ether oxygens (including phenoxy) is 2. The van der Waals surface area contributed by atoms with Crippen LogP contribution in [0.3, 0.4) is 0 Å². The number of hydrogen-bond donors (Lipinski definition) is 1. The number of aryl methyl sites for hydroxylation is 1.